The Hall–Kier alpha value is -5.29. The summed E-state index contributed by atoms with van der Waals surface area (Å²) in [7, 11) is 0. The predicted molar refractivity (Wildman–Crippen MR) is 150 cm³/mol. The molecule has 0 spiro atoms. The third kappa shape index (κ3) is 5.06. The molecule has 3 N–H and O–H groups in total. The van der Waals surface area contributed by atoms with Crippen molar-refractivity contribution in [2.24, 2.45) is 5.73 Å². The largest absolute Gasteiger partial charge is 0.472 e. The summed E-state index contributed by atoms with van der Waals surface area (Å²) in [6, 6.07) is 23.9. The summed E-state index contributed by atoms with van der Waals surface area (Å²) in [5.74, 6) is -1.58. The van der Waals surface area contributed by atoms with Crippen molar-refractivity contribution >= 4 is 50.7 Å². The molecule has 3 heterocycles. The zero-order valence-corrected chi connectivity index (χ0v) is 21.3. The summed E-state index contributed by atoms with van der Waals surface area (Å²) in [5.41, 5.74) is 9.38. The smallest absolute Gasteiger partial charge is 0.455 e. The Labute approximate surface area is 231 Å². The monoisotopic (exact) mass is 554 g/mol. The van der Waals surface area contributed by atoms with Gasteiger partial charge in [-0.25, -0.2) is 9.97 Å². The normalized spacial score (nSPS) is 11.6. The molecule has 0 aliphatic heterocycles. The van der Waals surface area contributed by atoms with E-state index in [-0.39, 0.29) is 17.9 Å². The number of halogens is 3. The van der Waals surface area contributed by atoms with Crippen LogP contribution in [0.1, 0.15) is 5.69 Å². The molecule has 11 heteroatoms. The van der Waals surface area contributed by atoms with Crippen molar-refractivity contribution in [3.63, 3.8) is 0 Å². The van der Waals surface area contributed by atoms with E-state index in [1.165, 1.54) is 36.8 Å². The van der Waals surface area contributed by atoms with E-state index in [4.69, 9.17) is 10.2 Å². The van der Waals surface area contributed by atoms with Gasteiger partial charge in [-0.3, -0.25) is 14.7 Å². The van der Waals surface area contributed by atoms with Crippen LogP contribution in [-0.4, -0.2) is 27.0 Å². The second-order valence-electron chi connectivity index (χ2n) is 9.09. The van der Waals surface area contributed by atoms with E-state index in [0.29, 0.717) is 33.4 Å². The highest BCUT2D eigenvalue weighted by Crippen LogP contribution is 2.36. The molecular weight excluding hydrogens is 533 g/mol. The third-order valence-corrected chi connectivity index (χ3v) is 6.46. The number of anilines is 4. The van der Waals surface area contributed by atoms with Crippen LogP contribution in [0.25, 0.3) is 33.2 Å². The summed E-state index contributed by atoms with van der Waals surface area (Å²) in [6.45, 7) is 0.0104. The second-order valence-corrected chi connectivity index (χ2v) is 9.09. The molecule has 0 aliphatic rings. The number of carbonyl (C=O) groups is 1. The molecule has 3 aromatic carbocycles. The van der Waals surface area contributed by atoms with Crippen LogP contribution < -0.4 is 16.0 Å². The fourth-order valence-corrected chi connectivity index (χ4v) is 4.59. The minimum Gasteiger partial charge on any atom is -0.455 e. The van der Waals surface area contributed by atoms with Crippen molar-refractivity contribution in [2.45, 2.75) is 12.7 Å². The molecule has 0 bridgehead atoms. The van der Waals surface area contributed by atoms with Crippen molar-refractivity contribution < 1.29 is 22.4 Å². The van der Waals surface area contributed by atoms with Crippen LogP contribution in [0.3, 0.4) is 0 Å². The van der Waals surface area contributed by atoms with Gasteiger partial charge >= 0.3 is 12.1 Å². The summed E-state index contributed by atoms with van der Waals surface area (Å²) >= 11 is 0. The zero-order chi connectivity index (χ0) is 28.6. The Balaban J connectivity index is 1.30. The Kier molecular flexibility index (Phi) is 6.56. The van der Waals surface area contributed by atoms with Gasteiger partial charge in [0.05, 0.1) is 17.1 Å². The SMILES string of the molecule is NCc1cc(N(C(=O)C(F)(F)F)c2ccc(Nc3cc(-c4cccc5c4oc4ccccc45)ncn3)cc2)ccn1. The maximum absolute atomic E-state index is 13.5. The number of furan rings is 1. The number of hydrogen-bond acceptors (Lipinski definition) is 7. The third-order valence-electron chi connectivity index (χ3n) is 6.46. The Bertz CT molecular complexity index is 1890. The number of benzene rings is 3. The first-order valence-corrected chi connectivity index (χ1v) is 12.5. The molecule has 41 heavy (non-hydrogen) atoms. The number of rotatable bonds is 6. The molecule has 0 aliphatic carbocycles. The number of nitrogens with one attached hydrogen (secondary N) is 1. The van der Waals surface area contributed by atoms with Crippen LogP contribution in [0.5, 0.6) is 0 Å². The number of nitrogens with two attached hydrogens (primary N) is 1. The molecule has 0 atom stereocenters. The molecule has 0 unspecified atom stereocenters. The summed E-state index contributed by atoms with van der Waals surface area (Å²) in [4.78, 5) is 25.7. The highest BCUT2D eigenvalue weighted by atomic mass is 19.4. The van der Waals surface area contributed by atoms with E-state index in [0.717, 1.165) is 21.9 Å². The van der Waals surface area contributed by atoms with E-state index >= 15 is 0 Å². The van der Waals surface area contributed by atoms with Crippen molar-refractivity contribution in [1.82, 2.24) is 15.0 Å². The summed E-state index contributed by atoms with van der Waals surface area (Å²) in [5, 5.41) is 5.10. The lowest BCUT2D eigenvalue weighted by atomic mass is 10.1. The number of aromatic nitrogens is 3. The highest BCUT2D eigenvalue weighted by molar-refractivity contribution is 6.09. The van der Waals surface area contributed by atoms with Gasteiger partial charge in [0.1, 0.15) is 23.3 Å². The number of nitrogens with zero attached hydrogens (tertiary/aromatic N) is 4. The standard InChI is InChI=1S/C30H21F3N6O2/c31-30(32,33)29(40)39(21-12-13-35-19(14-21)16-34)20-10-8-18(9-11-20)38-27-15-25(36-17-37-27)24-6-3-5-23-22-4-1-2-7-26(22)41-28(23)24/h1-15,17H,16,34H2,(H,36,37,38). The fraction of sp³-hybridized carbons (Fsp3) is 0.0667. The van der Waals surface area contributed by atoms with Crippen LogP contribution in [0.4, 0.5) is 36.1 Å². The van der Waals surface area contributed by atoms with Crippen molar-refractivity contribution in [3.8, 4) is 11.3 Å². The van der Waals surface area contributed by atoms with E-state index in [1.807, 2.05) is 42.5 Å². The number of amides is 1. The maximum atomic E-state index is 13.5. The molecule has 6 rings (SSSR count). The lowest BCUT2D eigenvalue weighted by Crippen LogP contribution is -2.38. The van der Waals surface area contributed by atoms with Crippen molar-refractivity contribution in [1.29, 1.82) is 0 Å². The van der Waals surface area contributed by atoms with Crippen molar-refractivity contribution in [2.75, 3.05) is 10.2 Å². The van der Waals surface area contributed by atoms with Gasteiger partial charge in [0.15, 0.2) is 0 Å². The Morgan fingerprint density at radius 3 is 2.44 bits per heavy atom. The van der Waals surface area contributed by atoms with Gasteiger partial charge in [0.2, 0.25) is 0 Å². The summed E-state index contributed by atoms with van der Waals surface area (Å²) < 4.78 is 46.6. The molecule has 0 radical (unpaired) electrons. The minimum atomic E-state index is -5.09. The average Bonchev–Trinajstić information content (AvgIpc) is 3.37. The summed E-state index contributed by atoms with van der Waals surface area (Å²) in [6.07, 6.45) is -2.37. The fourth-order valence-electron chi connectivity index (χ4n) is 4.59. The van der Waals surface area contributed by atoms with Gasteiger partial charge in [-0.1, -0.05) is 30.3 Å². The highest BCUT2D eigenvalue weighted by Gasteiger charge is 2.43. The first-order chi connectivity index (χ1) is 19.8. The Morgan fingerprint density at radius 1 is 0.878 bits per heavy atom. The van der Waals surface area contributed by atoms with Crippen LogP contribution >= 0.6 is 0 Å². The number of fused-ring (bicyclic) bond motifs is 3. The topological polar surface area (TPSA) is 110 Å². The number of carbonyl (C=O) groups excluding carboxylic acids is 1. The molecular formula is C30H21F3N6O2. The first kappa shape index (κ1) is 26.0. The maximum Gasteiger partial charge on any atom is 0.472 e. The van der Waals surface area contributed by atoms with Gasteiger partial charge in [-0.15, -0.1) is 0 Å². The van der Waals surface area contributed by atoms with Gasteiger partial charge in [-0.2, -0.15) is 13.2 Å². The van der Waals surface area contributed by atoms with Gasteiger partial charge in [-0.05, 0) is 48.5 Å². The van der Waals surface area contributed by atoms with Crippen molar-refractivity contribution in [3.05, 3.63) is 103 Å². The molecule has 0 fully saturated rings. The number of alkyl halides is 3. The van der Waals surface area contributed by atoms with Gasteiger partial charge < -0.3 is 15.5 Å². The van der Waals surface area contributed by atoms with E-state index in [1.54, 1.807) is 18.2 Å². The first-order valence-electron chi connectivity index (χ1n) is 12.5. The molecule has 6 aromatic rings. The molecule has 0 saturated carbocycles. The van der Waals surface area contributed by atoms with E-state index in [2.05, 4.69) is 20.3 Å². The average molecular weight is 555 g/mol. The molecule has 0 saturated heterocycles. The Morgan fingerprint density at radius 2 is 1.66 bits per heavy atom. The molecule has 8 nitrogen and oxygen atoms in total. The van der Waals surface area contributed by atoms with Crippen LogP contribution in [0.15, 0.2) is 102 Å². The van der Waals surface area contributed by atoms with Gasteiger partial charge in [0, 0.05) is 46.5 Å². The lowest BCUT2D eigenvalue weighted by molar-refractivity contribution is -0.169. The number of pyridine rings is 1. The van der Waals surface area contributed by atoms with E-state index < -0.39 is 12.1 Å². The molecule has 1 amide bonds. The molecule has 3 aromatic heterocycles. The molecule has 204 valence electrons. The van der Waals surface area contributed by atoms with Crippen LogP contribution in [0, 0.1) is 0 Å². The minimum absolute atomic E-state index is 0.00342. The number of hydrogen-bond donors (Lipinski definition) is 2. The number of para-hydroxylation sites is 2. The van der Waals surface area contributed by atoms with Crippen LogP contribution in [-0.2, 0) is 11.3 Å². The predicted octanol–water partition coefficient (Wildman–Crippen LogP) is 6.87. The lowest BCUT2D eigenvalue weighted by Gasteiger charge is -2.24. The van der Waals surface area contributed by atoms with E-state index in [9.17, 15) is 18.0 Å². The van der Waals surface area contributed by atoms with Gasteiger partial charge in [0.25, 0.3) is 0 Å². The van der Waals surface area contributed by atoms with Crippen LogP contribution in [0.2, 0.25) is 0 Å². The zero-order valence-electron chi connectivity index (χ0n) is 21.3. The second kappa shape index (κ2) is 10.4. The quantitative estimate of drug-likeness (QED) is 0.231.